The van der Waals surface area contributed by atoms with Gasteiger partial charge in [0.05, 0.1) is 32.9 Å². The van der Waals surface area contributed by atoms with Gasteiger partial charge in [0.25, 0.3) is 0 Å². The van der Waals surface area contributed by atoms with E-state index in [-0.39, 0.29) is 41.3 Å². The van der Waals surface area contributed by atoms with Gasteiger partial charge in [0.2, 0.25) is 11.8 Å². The highest BCUT2D eigenvalue weighted by molar-refractivity contribution is 7.86. The van der Waals surface area contributed by atoms with E-state index in [9.17, 15) is 24.3 Å². The number of halogens is 1. The monoisotopic (exact) mass is 723 g/mol. The smallest absolute Gasteiger partial charge is 0.497 e. The second-order valence-electron chi connectivity index (χ2n) is 12.8. The number of carbonyl (C=O) groups excluding carboxylic acids is 1. The molecule has 14 nitrogen and oxygen atoms in total. The zero-order valence-electron chi connectivity index (χ0n) is 28.7. The first-order chi connectivity index (χ1) is 24.4. The van der Waals surface area contributed by atoms with Crippen LogP contribution in [0.25, 0.3) is 0 Å². The standard InChI is InChI=1S/C35H39FN6O8S/c1-5-50-34-26(7-6-14-38-34)31-32(30-25-10-8-21(36)17-27(25)39-33(30)43)42(35(44)45,20-23(19-37)41(31)22-12-15-40(2)16-13-22)51(46,47)29-11-9-24(48-3)18-28(29)49-4/h6-11,14,17-18,22-23,30-32H,5,12-13,15-16,20H2,1-4H3,(H-,39,43,44,45)/p+1. The fraction of sp³-hybridized carbons (Fsp3) is 0.429. The molecule has 5 atom stereocenters. The Morgan fingerprint density at radius 1 is 1.14 bits per heavy atom. The molecule has 1 aromatic heterocycles. The van der Waals surface area contributed by atoms with Crippen LogP contribution in [0.1, 0.15) is 42.9 Å². The van der Waals surface area contributed by atoms with Gasteiger partial charge in [0, 0.05) is 29.6 Å². The summed E-state index contributed by atoms with van der Waals surface area (Å²) in [5.74, 6) is -2.65. The number of amides is 2. The molecule has 2 N–H and O–H groups in total. The molecule has 3 aromatic rings. The van der Waals surface area contributed by atoms with Crippen molar-refractivity contribution in [3.8, 4) is 23.4 Å². The van der Waals surface area contributed by atoms with Crippen LogP contribution in [0.5, 0.6) is 17.4 Å². The van der Waals surface area contributed by atoms with Gasteiger partial charge in [-0.2, -0.15) is 18.5 Å². The Morgan fingerprint density at radius 2 is 1.88 bits per heavy atom. The number of aromatic nitrogens is 1. The summed E-state index contributed by atoms with van der Waals surface area (Å²) in [5.41, 5.74) is 0.626. The van der Waals surface area contributed by atoms with Crippen LogP contribution >= 0.6 is 0 Å². The molecule has 3 aliphatic rings. The summed E-state index contributed by atoms with van der Waals surface area (Å²) in [7, 11) is -0.521. The molecular weight excluding hydrogens is 683 g/mol. The van der Waals surface area contributed by atoms with Crippen molar-refractivity contribution in [1.82, 2.24) is 14.8 Å². The number of likely N-dealkylation sites (tertiary alicyclic amines) is 1. The summed E-state index contributed by atoms with van der Waals surface area (Å²) < 4.78 is 60.4. The highest BCUT2D eigenvalue weighted by atomic mass is 32.2. The molecule has 4 heterocycles. The minimum Gasteiger partial charge on any atom is -0.497 e. The number of benzene rings is 2. The number of nitriles is 1. The molecule has 2 saturated heterocycles. The Labute approximate surface area is 295 Å². The van der Waals surface area contributed by atoms with Crippen molar-refractivity contribution in [3.63, 3.8) is 0 Å². The summed E-state index contributed by atoms with van der Waals surface area (Å²) in [6, 6.07) is 8.53. The van der Waals surface area contributed by atoms with E-state index < -0.39 is 67.2 Å². The first-order valence-electron chi connectivity index (χ1n) is 16.6. The van der Waals surface area contributed by atoms with E-state index in [4.69, 9.17) is 14.2 Å². The average molecular weight is 724 g/mol. The highest BCUT2D eigenvalue weighted by Crippen LogP contribution is 2.54. The maximum Gasteiger partial charge on any atom is 0.529 e. The summed E-state index contributed by atoms with van der Waals surface area (Å²) in [6.45, 7) is 2.49. The van der Waals surface area contributed by atoms with Crippen LogP contribution in [0.2, 0.25) is 0 Å². The van der Waals surface area contributed by atoms with Crippen LogP contribution in [0, 0.1) is 17.1 Å². The van der Waals surface area contributed by atoms with Crippen molar-refractivity contribution < 1.29 is 45.6 Å². The molecule has 0 spiro atoms. The Balaban J connectivity index is 1.73. The molecule has 2 fully saturated rings. The number of pyridine rings is 1. The number of nitrogens with zero attached hydrogens (tertiary/aromatic N) is 5. The number of rotatable bonds is 9. The number of hydrogen-bond donors (Lipinski definition) is 2. The van der Waals surface area contributed by atoms with Gasteiger partial charge in [-0.3, -0.25) is 9.69 Å². The van der Waals surface area contributed by atoms with E-state index in [1.165, 1.54) is 44.7 Å². The Morgan fingerprint density at radius 3 is 2.53 bits per heavy atom. The van der Waals surface area contributed by atoms with Gasteiger partial charge in [0.15, 0.2) is 17.0 Å². The quantitative estimate of drug-likeness (QED) is 0.305. The number of hydrogen-bond acceptors (Lipinski definition) is 11. The molecule has 0 radical (unpaired) electrons. The fourth-order valence-corrected chi connectivity index (χ4v) is 10.0. The highest BCUT2D eigenvalue weighted by Gasteiger charge is 2.70. The van der Waals surface area contributed by atoms with E-state index in [1.807, 2.05) is 11.9 Å². The molecule has 16 heteroatoms. The zero-order chi connectivity index (χ0) is 36.7. The number of ether oxygens (including phenoxy) is 3. The first kappa shape index (κ1) is 36.0. The lowest BCUT2D eigenvalue weighted by Crippen LogP contribution is -2.76. The number of anilines is 1. The minimum absolute atomic E-state index is 0.0936. The van der Waals surface area contributed by atoms with Gasteiger partial charge in [-0.1, -0.05) is 12.1 Å². The normalized spacial score (nSPS) is 25.8. The number of sulfonamides is 1. The average Bonchev–Trinajstić information content (AvgIpc) is 3.44. The summed E-state index contributed by atoms with van der Waals surface area (Å²) >= 11 is 0. The topological polar surface area (TPSA) is 171 Å². The van der Waals surface area contributed by atoms with E-state index in [2.05, 4.69) is 21.3 Å². The first-order valence-corrected chi connectivity index (χ1v) is 18.0. The number of piperazine rings is 1. The molecule has 2 amide bonds. The van der Waals surface area contributed by atoms with Crippen LogP contribution < -0.4 is 19.5 Å². The number of methoxy groups -OCH3 is 2. The summed E-state index contributed by atoms with van der Waals surface area (Å²) in [4.78, 5) is 36.4. The van der Waals surface area contributed by atoms with Gasteiger partial charge in [-0.05, 0) is 75.8 Å². The van der Waals surface area contributed by atoms with Crippen molar-refractivity contribution in [2.24, 2.45) is 0 Å². The second kappa shape index (κ2) is 14.1. The molecule has 3 aliphatic heterocycles. The SMILES string of the molecule is CCOc1ncccc1C1C(C2C(=O)Nc3cc(F)ccc32)[N+](C(=O)O)(S(=O)(=O)c2ccc(OC)cc2OC)CC(C#N)N1C1CCN(C)CC1. The maximum atomic E-state index is 15.4. The van der Waals surface area contributed by atoms with Gasteiger partial charge >= 0.3 is 16.1 Å². The van der Waals surface area contributed by atoms with E-state index in [0.717, 1.165) is 12.1 Å². The molecule has 0 saturated carbocycles. The molecule has 270 valence electrons. The maximum absolute atomic E-state index is 15.4. The Hall–Kier alpha value is -4.82. The number of piperidine rings is 1. The van der Waals surface area contributed by atoms with Crippen molar-refractivity contribution in [2.45, 2.75) is 54.7 Å². The predicted octanol–water partition coefficient (Wildman–Crippen LogP) is 3.97. The van der Waals surface area contributed by atoms with Crippen LogP contribution in [0.15, 0.2) is 59.6 Å². The third-order valence-electron chi connectivity index (χ3n) is 10.2. The third-order valence-corrected chi connectivity index (χ3v) is 12.5. The molecule has 6 rings (SSSR count). The van der Waals surface area contributed by atoms with E-state index in [1.54, 1.807) is 19.1 Å². The number of fused-ring (bicyclic) bond motifs is 1. The largest absolute Gasteiger partial charge is 0.529 e. The number of nitrogens with one attached hydrogen (secondary N) is 1. The van der Waals surface area contributed by atoms with Crippen molar-refractivity contribution >= 4 is 27.7 Å². The Bertz CT molecular complexity index is 1980. The van der Waals surface area contributed by atoms with Gasteiger partial charge < -0.3 is 29.5 Å². The van der Waals surface area contributed by atoms with Gasteiger partial charge in [-0.25, -0.2) is 9.37 Å². The number of carbonyl (C=O) groups is 2. The Kier molecular flexibility index (Phi) is 9.93. The van der Waals surface area contributed by atoms with Crippen molar-refractivity contribution in [2.75, 3.05) is 52.8 Å². The van der Waals surface area contributed by atoms with Gasteiger partial charge in [0.1, 0.15) is 29.8 Å². The molecule has 5 unspecified atom stereocenters. The molecule has 51 heavy (non-hydrogen) atoms. The minimum atomic E-state index is -5.13. The van der Waals surface area contributed by atoms with Crippen molar-refractivity contribution in [3.05, 3.63) is 71.7 Å². The van der Waals surface area contributed by atoms with Crippen LogP contribution in [-0.4, -0.2) is 110 Å². The van der Waals surface area contributed by atoms with Crippen molar-refractivity contribution in [1.29, 1.82) is 5.26 Å². The molecule has 0 aliphatic carbocycles. The lowest BCUT2D eigenvalue weighted by atomic mass is 9.79. The lowest BCUT2D eigenvalue weighted by Gasteiger charge is -2.55. The second-order valence-corrected chi connectivity index (χ2v) is 14.9. The molecular formula is C35H40FN6O8S+. The van der Waals surface area contributed by atoms with E-state index >= 15 is 8.42 Å². The summed E-state index contributed by atoms with van der Waals surface area (Å²) in [5, 5.41) is 25.1. The van der Waals surface area contributed by atoms with E-state index in [0.29, 0.717) is 31.5 Å². The van der Waals surface area contributed by atoms with Crippen LogP contribution in [-0.2, 0) is 14.8 Å². The number of carboxylic acid groups (broad SMARTS) is 1. The van der Waals surface area contributed by atoms with Crippen LogP contribution in [0.4, 0.5) is 14.9 Å². The predicted molar refractivity (Wildman–Crippen MR) is 181 cm³/mol. The van der Waals surface area contributed by atoms with Crippen LogP contribution in [0.3, 0.4) is 0 Å². The van der Waals surface area contributed by atoms with Gasteiger partial charge in [-0.15, -0.1) is 3.89 Å². The number of quaternary nitrogens is 1. The lowest BCUT2D eigenvalue weighted by molar-refractivity contribution is -0.778. The fourth-order valence-electron chi connectivity index (χ4n) is 7.94. The molecule has 2 aromatic carbocycles. The molecule has 0 bridgehead atoms. The third kappa shape index (κ3) is 5.93. The zero-order valence-corrected chi connectivity index (χ0v) is 29.5. The summed E-state index contributed by atoms with van der Waals surface area (Å²) in [6.07, 6.45) is 0.836.